The third-order valence-corrected chi connectivity index (χ3v) is 4.11. The van der Waals surface area contributed by atoms with Crippen LogP contribution in [0.3, 0.4) is 0 Å². The maximum absolute atomic E-state index is 12.2. The molecule has 126 valence electrons. The fourth-order valence-electron chi connectivity index (χ4n) is 2.56. The molecule has 1 saturated heterocycles. The van der Waals surface area contributed by atoms with Gasteiger partial charge in [-0.2, -0.15) is 0 Å². The van der Waals surface area contributed by atoms with Gasteiger partial charge in [-0.25, -0.2) is 0 Å². The van der Waals surface area contributed by atoms with Gasteiger partial charge in [-0.15, -0.1) is 0 Å². The molecule has 2 amide bonds. The number of nitrogens with zero attached hydrogens (tertiary/aromatic N) is 2. The Labute approximate surface area is 138 Å². The number of hydrogen-bond acceptors (Lipinski definition) is 3. The number of rotatable bonds is 6. The smallest absolute Gasteiger partial charge is 0.260 e. The second-order valence-corrected chi connectivity index (χ2v) is 5.97. The van der Waals surface area contributed by atoms with Crippen LogP contribution < -0.4 is 4.74 Å². The molecule has 0 unspecified atom stereocenters. The van der Waals surface area contributed by atoms with Crippen molar-refractivity contribution >= 4 is 11.8 Å². The fourth-order valence-corrected chi connectivity index (χ4v) is 2.56. The van der Waals surface area contributed by atoms with Crippen LogP contribution in [0.25, 0.3) is 0 Å². The van der Waals surface area contributed by atoms with Crippen LogP contribution in [-0.4, -0.2) is 54.4 Å². The Balaban J connectivity index is 1.73. The molecule has 0 spiro atoms. The first-order chi connectivity index (χ1) is 11.1. The first-order valence-corrected chi connectivity index (χ1v) is 8.35. The number of carbonyl (C=O) groups is 2. The Hall–Kier alpha value is -2.04. The van der Waals surface area contributed by atoms with Gasteiger partial charge >= 0.3 is 0 Å². The van der Waals surface area contributed by atoms with Crippen LogP contribution >= 0.6 is 0 Å². The summed E-state index contributed by atoms with van der Waals surface area (Å²) < 4.78 is 5.53. The lowest BCUT2D eigenvalue weighted by Gasteiger charge is -2.34. The normalized spacial score (nSPS) is 14.7. The van der Waals surface area contributed by atoms with E-state index < -0.39 is 0 Å². The van der Waals surface area contributed by atoms with E-state index in [9.17, 15) is 9.59 Å². The largest absolute Gasteiger partial charge is 0.484 e. The van der Waals surface area contributed by atoms with Crippen LogP contribution in [0.1, 0.15) is 31.7 Å². The van der Waals surface area contributed by atoms with Crippen LogP contribution in [0.2, 0.25) is 0 Å². The second kappa shape index (κ2) is 8.56. The predicted molar refractivity (Wildman–Crippen MR) is 89.4 cm³/mol. The molecule has 1 aliphatic rings. The molecular formula is C18H26N2O3. The first kappa shape index (κ1) is 17.3. The molecule has 1 fully saturated rings. The van der Waals surface area contributed by atoms with Gasteiger partial charge in [-0.05, 0) is 25.5 Å². The van der Waals surface area contributed by atoms with Crippen molar-refractivity contribution in [3.63, 3.8) is 0 Å². The number of ether oxygens (including phenoxy) is 1. The molecule has 0 N–H and O–H groups in total. The van der Waals surface area contributed by atoms with Gasteiger partial charge < -0.3 is 14.5 Å². The molecule has 0 aliphatic carbocycles. The van der Waals surface area contributed by atoms with E-state index in [1.54, 1.807) is 4.90 Å². The second-order valence-electron chi connectivity index (χ2n) is 5.97. The highest BCUT2D eigenvalue weighted by molar-refractivity contribution is 5.79. The van der Waals surface area contributed by atoms with Crippen LogP contribution in [-0.2, 0) is 9.59 Å². The minimum absolute atomic E-state index is 0.0220. The Bertz CT molecular complexity index is 520. The molecule has 0 aromatic heterocycles. The Morgan fingerprint density at radius 2 is 1.57 bits per heavy atom. The minimum Gasteiger partial charge on any atom is -0.484 e. The monoisotopic (exact) mass is 318 g/mol. The highest BCUT2D eigenvalue weighted by Gasteiger charge is 2.23. The average Bonchev–Trinajstić information content (AvgIpc) is 2.59. The summed E-state index contributed by atoms with van der Waals surface area (Å²) in [5, 5.41) is 0. The molecule has 23 heavy (non-hydrogen) atoms. The van der Waals surface area contributed by atoms with Gasteiger partial charge in [-0.1, -0.05) is 31.0 Å². The Kier molecular flexibility index (Phi) is 6.44. The highest BCUT2D eigenvalue weighted by Crippen LogP contribution is 2.12. The fraction of sp³-hybridized carbons (Fsp3) is 0.556. The molecule has 1 aromatic rings. The minimum atomic E-state index is -0.0220. The lowest BCUT2D eigenvalue weighted by molar-refractivity contribution is -0.140. The van der Waals surface area contributed by atoms with E-state index in [2.05, 4.69) is 6.92 Å². The number of unbranched alkanes of at least 4 members (excludes halogenated alkanes) is 1. The number of aryl methyl sites for hydroxylation is 1. The van der Waals surface area contributed by atoms with Crippen molar-refractivity contribution in [3.05, 3.63) is 29.8 Å². The van der Waals surface area contributed by atoms with Gasteiger partial charge in [-0.3, -0.25) is 9.59 Å². The zero-order valence-electron chi connectivity index (χ0n) is 14.1. The molecule has 5 heteroatoms. The van der Waals surface area contributed by atoms with Gasteiger partial charge in [0.15, 0.2) is 6.61 Å². The Morgan fingerprint density at radius 3 is 2.13 bits per heavy atom. The zero-order chi connectivity index (χ0) is 16.7. The SMILES string of the molecule is CCCCC(=O)N1CCN(C(=O)COc2ccc(C)cc2)CC1. The first-order valence-electron chi connectivity index (χ1n) is 8.35. The van der Waals surface area contributed by atoms with E-state index in [1.807, 2.05) is 36.1 Å². The Morgan fingerprint density at radius 1 is 1.00 bits per heavy atom. The average molecular weight is 318 g/mol. The zero-order valence-corrected chi connectivity index (χ0v) is 14.1. The van der Waals surface area contributed by atoms with Gasteiger partial charge in [0.2, 0.25) is 5.91 Å². The highest BCUT2D eigenvalue weighted by atomic mass is 16.5. The quantitative estimate of drug-likeness (QED) is 0.808. The molecule has 0 radical (unpaired) electrons. The van der Waals surface area contributed by atoms with E-state index in [1.165, 1.54) is 0 Å². The third-order valence-electron chi connectivity index (χ3n) is 4.11. The molecule has 0 atom stereocenters. The molecule has 5 nitrogen and oxygen atoms in total. The van der Waals surface area contributed by atoms with E-state index in [4.69, 9.17) is 4.74 Å². The van der Waals surface area contributed by atoms with Crippen LogP contribution in [0.4, 0.5) is 0 Å². The van der Waals surface area contributed by atoms with Crippen molar-refractivity contribution in [2.75, 3.05) is 32.8 Å². The van der Waals surface area contributed by atoms with Gasteiger partial charge in [0.05, 0.1) is 0 Å². The van der Waals surface area contributed by atoms with E-state index in [0.717, 1.165) is 18.4 Å². The van der Waals surface area contributed by atoms with Crippen molar-refractivity contribution in [2.24, 2.45) is 0 Å². The predicted octanol–water partition coefficient (Wildman–Crippen LogP) is 2.23. The summed E-state index contributed by atoms with van der Waals surface area (Å²) in [6.45, 7) is 6.57. The number of amides is 2. The lowest BCUT2D eigenvalue weighted by atomic mass is 10.2. The molecular weight excluding hydrogens is 292 g/mol. The summed E-state index contributed by atoms with van der Waals surface area (Å²) in [6.07, 6.45) is 2.57. The van der Waals surface area contributed by atoms with E-state index in [-0.39, 0.29) is 18.4 Å². The molecule has 1 aliphatic heterocycles. The molecule has 1 heterocycles. The van der Waals surface area contributed by atoms with E-state index >= 15 is 0 Å². The summed E-state index contributed by atoms with van der Waals surface area (Å²) in [5.41, 5.74) is 1.16. The molecule has 0 saturated carbocycles. The number of benzene rings is 1. The summed E-state index contributed by atoms with van der Waals surface area (Å²) in [6, 6.07) is 7.65. The summed E-state index contributed by atoms with van der Waals surface area (Å²) in [5.74, 6) is 0.887. The number of piperazine rings is 1. The van der Waals surface area contributed by atoms with Crippen molar-refractivity contribution in [1.82, 2.24) is 9.80 Å². The maximum atomic E-state index is 12.2. The number of hydrogen-bond donors (Lipinski definition) is 0. The van der Waals surface area contributed by atoms with Crippen LogP contribution in [0.15, 0.2) is 24.3 Å². The van der Waals surface area contributed by atoms with Gasteiger partial charge in [0.25, 0.3) is 5.91 Å². The van der Waals surface area contributed by atoms with Crippen molar-refractivity contribution in [2.45, 2.75) is 33.1 Å². The summed E-state index contributed by atoms with van der Waals surface area (Å²) in [4.78, 5) is 27.8. The summed E-state index contributed by atoms with van der Waals surface area (Å²) in [7, 11) is 0. The van der Waals surface area contributed by atoms with Crippen molar-refractivity contribution in [3.8, 4) is 5.75 Å². The van der Waals surface area contributed by atoms with Crippen molar-refractivity contribution in [1.29, 1.82) is 0 Å². The topological polar surface area (TPSA) is 49.9 Å². The standard InChI is InChI=1S/C18H26N2O3/c1-3-4-5-17(21)19-10-12-20(13-11-19)18(22)14-23-16-8-6-15(2)7-9-16/h6-9H,3-5,10-14H2,1-2H3. The van der Waals surface area contributed by atoms with E-state index in [0.29, 0.717) is 38.3 Å². The van der Waals surface area contributed by atoms with Crippen molar-refractivity contribution < 1.29 is 14.3 Å². The molecule has 1 aromatic carbocycles. The lowest BCUT2D eigenvalue weighted by Crippen LogP contribution is -2.51. The van der Waals surface area contributed by atoms with Gasteiger partial charge in [0.1, 0.15) is 5.75 Å². The molecule has 2 rings (SSSR count). The summed E-state index contributed by atoms with van der Waals surface area (Å²) >= 11 is 0. The van der Waals surface area contributed by atoms with Gasteiger partial charge in [0, 0.05) is 32.6 Å². The third kappa shape index (κ3) is 5.27. The van der Waals surface area contributed by atoms with Crippen LogP contribution in [0.5, 0.6) is 5.75 Å². The maximum Gasteiger partial charge on any atom is 0.260 e. The van der Waals surface area contributed by atoms with Crippen LogP contribution in [0, 0.1) is 6.92 Å². The molecule has 0 bridgehead atoms. The number of carbonyl (C=O) groups excluding carboxylic acids is 2.